The lowest BCUT2D eigenvalue weighted by Crippen LogP contribution is -2.43. The van der Waals surface area contributed by atoms with Crippen LogP contribution in [-0.4, -0.2) is 24.7 Å². The van der Waals surface area contributed by atoms with Crippen LogP contribution in [0.2, 0.25) is 0 Å². The van der Waals surface area contributed by atoms with E-state index in [1.54, 1.807) is 7.11 Å². The Bertz CT molecular complexity index is 529. The van der Waals surface area contributed by atoms with Crippen LogP contribution in [0.15, 0.2) is 12.1 Å². The minimum Gasteiger partial charge on any atom is -0.490 e. The van der Waals surface area contributed by atoms with E-state index in [0.29, 0.717) is 12.3 Å². The summed E-state index contributed by atoms with van der Waals surface area (Å²) >= 11 is 0. The topological polar surface area (TPSA) is 47.6 Å². The highest BCUT2D eigenvalue weighted by atomic mass is 16.5. The molecule has 1 atom stereocenters. The lowest BCUT2D eigenvalue weighted by molar-refractivity contribution is -0.137. The number of hydrogen-bond acceptors (Lipinski definition) is 3. The largest absolute Gasteiger partial charge is 0.490 e. The number of amides is 1. The quantitative estimate of drug-likeness (QED) is 0.805. The Morgan fingerprint density at radius 3 is 2.09 bits per heavy atom. The van der Waals surface area contributed by atoms with E-state index in [1.807, 2.05) is 46.8 Å². The van der Waals surface area contributed by atoms with Crippen LogP contribution in [0.25, 0.3) is 0 Å². The summed E-state index contributed by atoms with van der Waals surface area (Å²) in [5.74, 6) is 1.13. The molecule has 4 heteroatoms. The van der Waals surface area contributed by atoms with Gasteiger partial charge in [-0.1, -0.05) is 13.8 Å². The van der Waals surface area contributed by atoms with Gasteiger partial charge in [0.25, 0.3) is 5.91 Å². The van der Waals surface area contributed by atoms with Crippen molar-refractivity contribution in [1.29, 1.82) is 0 Å². The molecule has 1 amide bonds. The van der Waals surface area contributed by atoms with Crippen LogP contribution in [0.4, 0.5) is 5.69 Å². The predicted octanol–water partition coefficient (Wildman–Crippen LogP) is 4.48. The second-order valence-corrected chi connectivity index (χ2v) is 7.09. The molecule has 1 aromatic carbocycles. The highest BCUT2D eigenvalue weighted by molar-refractivity contribution is 5.97. The number of anilines is 1. The van der Waals surface area contributed by atoms with Gasteiger partial charge in [0.15, 0.2) is 0 Å². The van der Waals surface area contributed by atoms with E-state index in [9.17, 15) is 4.79 Å². The smallest absolute Gasteiger partial charge is 0.256 e. The van der Waals surface area contributed by atoms with Gasteiger partial charge in [-0.05, 0) is 70.2 Å². The van der Waals surface area contributed by atoms with Crippen molar-refractivity contribution in [3.63, 3.8) is 0 Å². The summed E-state index contributed by atoms with van der Waals surface area (Å²) in [6.45, 7) is 14.0. The summed E-state index contributed by atoms with van der Waals surface area (Å²) in [7, 11) is 1.58. The average Bonchev–Trinajstić information content (AvgIpc) is 2.41. The molecule has 0 aromatic heterocycles. The number of methoxy groups -OCH3 is 1. The highest BCUT2D eigenvalue weighted by Gasteiger charge is 2.34. The zero-order chi connectivity index (χ0) is 17.8. The molecule has 130 valence electrons. The Morgan fingerprint density at radius 1 is 1.17 bits per heavy atom. The maximum Gasteiger partial charge on any atom is 0.256 e. The van der Waals surface area contributed by atoms with Gasteiger partial charge in [0.1, 0.15) is 11.4 Å². The van der Waals surface area contributed by atoms with Crippen LogP contribution in [0.3, 0.4) is 0 Å². The van der Waals surface area contributed by atoms with Gasteiger partial charge in [-0.15, -0.1) is 0 Å². The van der Waals surface area contributed by atoms with Crippen molar-refractivity contribution >= 4 is 11.6 Å². The number of aryl methyl sites for hydroxylation is 2. The van der Waals surface area contributed by atoms with Gasteiger partial charge in [-0.2, -0.15) is 0 Å². The maximum absolute atomic E-state index is 12.6. The SMILES string of the molecule is CO[C@](C)(CC(C)C)C(=O)Nc1cc(C)c(OC(C)C)c(C)c1. The van der Waals surface area contributed by atoms with Crippen LogP contribution in [0, 0.1) is 19.8 Å². The third kappa shape index (κ3) is 5.24. The number of nitrogens with one attached hydrogen (secondary N) is 1. The monoisotopic (exact) mass is 321 g/mol. The van der Waals surface area contributed by atoms with Crippen molar-refractivity contribution in [2.45, 2.75) is 66.6 Å². The average molecular weight is 321 g/mol. The summed E-state index contributed by atoms with van der Waals surface area (Å²) in [5, 5.41) is 2.98. The first kappa shape index (κ1) is 19.5. The third-order valence-electron chi connectivity index (χ3n) is 3.80. The van der Waals surface area contributed by atoms with E-state index in [1.165, 1.54) is 0 Å². The van der Waals surface area contributed by atoms with Gasteiger partial charge in [0, 0.05) is 12.8 Å². The Kier molecular flexibility index (Phi) is 6.63. The highest BCUT2D eigenvalue weighted by Crippen LogP contribution is 2.29. The summed E-state index contributed by atoms with van der Waals surface area (Å²) < 4.78 is 11.3. The maximum atomic E-state index is 12.6. The zero-order valence-corrected chi connectivity index (χ0v) is 15.7. The Labute approximate surface area is 140 Å². The number of carbonyl (C=O) groups is 1. The van der Waals surface area contributed by atoms with E-state index in [0.717, 1.165) is 22.6 Å². The molecular formula is C19H31NO3. The normalized spacial score (nSPS) is 14.0. The molecule has 0 fully saturated rings. The van der Waals surface area contributed by atoms with Gasteiger partial charge < -0.3 is 14.8 Å². The standard InChI is InChI=1S/C19H31NO3/c1-12(2)11-19(7,22-8)18(21)20-16-9-14(5)17(15(6)10-16)23-13(3)4/h9-10,12-13H,11H2,1-8H3,(H,20,21)/t19-/m1/s1. The number of ether oxygens (including phenoxy) is 2. The molecule has 0 bridgehead atoms. The molecule has 0 aliphatic carbocycles. The fourth-order valence-electron chi connectivity index (χ4n) is 2.76. The lowest BCUT2D eigenvalue weighted by Gasteiger charge is -2.28. The first-order valence-electron chi connectivity index (χ1n) is 8.23. The molecule has 1 aromatic rings. The van der Waals surface area contributed by atoms with Gasteiger partial charge in [0.05, 0.1) is 6.10 Å². The number of rotatable bonds is 7. The van der Waals surface area contributed by atoms with E-state index in [-0.39, 0.29) is 12.0 Å². The molecule has 23 heavy (non-hydrogen) atoms. The lowest BCUT2D eigenvalue weighted by atomic mass is 9.93. The van der Waals surface area contributed by atoms with Crippen molar-refractivity contribution in [1.82, 2.24) is 0 Å². The fourth-order valence-corrected chi connectivity index (χ4v) is 2.76. The minimum absolute atomic E-state index is 0.120. The van der Waals surface area contributed by atoms with Crippen LogP contribution in [0.1, 0.15) is 52.2 Å². The van der Waals surface area contributed by atoms with E-state index < -0.39 is 5.60 Å². The van der Waals surface area contributed by atoms with Crippen LogP contribution < -0.4 is 10.1 Å². The van der Waals surface area contributed by atoms with Crippen molar-refractivity contribution < 1.29 is 14.3 Å². The van der Waals surface area contributed by atoms with Crippen molar-refractivity contribution in [2.75, 3.05) is 12.4 Å². The molecule has 0 saturated heterocycles. The van der Waals surface area contributed by atoms with Gasteiger partial charge in [-0.3, -0.25) is 4.79 Å². The number of carbonyl (C=O) groups excluding carboxylic acids is 1. The first-order valence-corrected chi connectivity index (χ1v) is 8.23. The molecule has 0 aliphatic rings. The van der Waals surface area contributed by atoms with Crippen LogP contribution in [-0.2, 0) is 9.53 Å². The molecule has 4 nitrogen and oxygen atoms in total. The molecule has 0 heterocycles. The van der Waals surface area contributed by atoms with Gasteiger partial charge in [-0.25, -0.2) is 0 Å². The van der Waals surface area contributed by atoms with Crippen molar-refractivity contribution in [2.24, 2.45) is 5.92 Å². The van der Waals surface area contributed by atoms with Gasteiger partial charge in [0.2, 0.25) is 0 Å². The Morgan fingerprint density at radius 2 is 1.70 bits per heavy atom. The number of benzene rings is 1. The van der Waals surface area contributed by atoms with E-state index in [4.69, 9.17) is 9.47 Å². The molecule has 1 rings (SSSR count). The number of hydrogen-bond donors (Lipinski definition) is 1. The minimum atomic E-state index is -0.830. The molecule has 1 N–H and O–H groups in total. The van der Waals surface area contributed by atoms with Crippen molar-refractivity contribution in [3.05, 3.63) is 23.3 Å². The third-order valence-corrected chi connectivity index (χ3v) is 3.80. The second-order valence-electron chi connectivity index (χ2n) is 7.09. The fraction of sp³-hybridized carbons (Fsp3) is 0.632. The van der Waals surface area contributed by atoms with E-state index >= 15 is 0 Å². The van der Waals surface area contributed by atoms with Gasteiger partial charge >= 0.3 is 0 Å². The summed E-state index contributed by atoms with van der Waals surface area (Å²) in [5.41, 5.74) is 1.96. The molecule has 0 aliphatic heterocycles. The molecule has 0 spiro atoms. The summed E-state index contributed by atoms with van der Waals surface area (Å²) in [6.07, 6.45) is 0.789. The van der Waals surface area contributed by atoms with Crippen LogP contribution in [0.5, 0.6) is 5.75 Å². The van der Waals surface area contributed by atoms with Crippen molar-refractivity contribution in [3.8, 4) is 5.75 Å². The molecule has 0 unspecified atom stereocenters. The predicted molar refractivity (Wildman–Crippen MR) is 95.2 cm³/mol. The molecule has 0 radical (unpaired) electrons. The molecule has 0 saturated carbocycles. The first-order chi connectivity index (χ1) is 10.6. The Hall–Kier alpha value is -1.55. The summed E-state index contributed by atoms with van der Waals surface area (Å²) in [4.78, 5) is 12.6. The molecular weight excluding hydrogens is 290 g/mol. The zero-order valence-electron chi connectivity index (χ0n) is 15.7. The van der Waals surface area contributed by atoms with E-state index in [2.05, 4.69) is 19.2 Å². The Balaban J connectivity index is 2.99. The van der Waals surface area contributed by atoms with Crippen LogP contribution >= 0.6 is 0 Å². The summed E-state index contributed by atoms with van der Waals surface area (Å²) in [6, 6.07) is 3.88. The second kappa shape index (κ2) is 7.82.